The van der Waals surface area contributed by atoms with E-state index in [9.17, 15) is 0 Å². The fourth-order valence-corrected chi connectivity index (χ4v) is 3.34. The predicted molar refractivity (Wildman–Crippen MR) is 78.3 cm³/mol. The van der Waals surface area contributed by atoms with Gasteiger partial charge in [-0.25, -0.2) is 0 Å². The summed E-state index contributed by atoms with van der Waals surface area (Å²) in [4.78, 5) is 0. The summed E-state index contributed by atoms with van der Waals surface area (Å²) in [6, 6.07) is 10.9. The molecule has 0 unspecified atom stereocenters. The highest BCUT2D eigenvalue weighted by atomic mass is 15.4. The highest BCUT2D eigenvalue weighted by Crippen LogP contribution is 2.39. The van der Waals surface area contributed by atoms with Crippen LogP contribution in [0, 0.1) is 0 Å². The standard InChI is InChI=1S/C17H26N/c1-4-18(2,3)17(13-9-6-10-14-17)15-16-11-7-5-8-12-16/h4-5,7-8,11-12H,1,6,9-10,13-15H2,2-3H3/q+1. The number of nitrogens with zero attached hydrogens (tertiary/aromatic N) is 1. The number of hydrogen-bond donors (Lipinski definition) is 0. The number of benzene rings is 1. The summed E-state index contributed by atoms with van der Waals surface area (Å²) < 4.78 is 0.932. The van der Waals surface area contributed by atoms with Gasteiger partial charge in [-0.15, -0.1) is 0 Å². The Morgan fingerprint density at radius 3 is 2.28 bits per heavy atom. The molecule has 0 heterocycles. The maximum Gasteiger partial charge on any atom is 0.107 e. The van der Waals surface area contributed by atoms with E-state index in [0.717, 1.165) is 4.48 Å². The van der Waals surface area contributed by atoms with Crippen molar-refractivity contribution < 1.29 is 4.48 Å². The zero-order valence-corrected chi connectivity index (χ0v) is 11.9. The van der Waals surface area contributed by atoms with E-state index in [4.69, 9.17) is 0 Å². The molecule has 0 spiro atoms. The topological polar surface area (TPSA) is 0 Å². The van der Waals surface area contributed by atoms with E-state index in [2.05, 4.69) is 57.2 Å². The Kier molecular flexibility index (Phi) is 3.91. The van der Waals surface area contributed by atoms with Gasteiger partial charge in [0.15, 0.2) is 0 Å². The summed E-state index contributed by atoms with van der Waals surface area (Å²) in [5.41, 5.74) is 1.81. The molecule has 1 heteroatoms. The molecule has 0 radical (unpaired) electrons. The molecule has 1 saturated carbocycles. The largest absolute Gasteiger partial charge is 0.298 e. The van der Waals surface area contributed by atoms with Crippen molar-refractivity contribution in [1.29, 1.82) is 0 Å². The lowest BCUT2D eigenvalue weighted by Crippen LogP contribution is -2.58. The van der Waals surface area contributed by atoms with Gasteiger partial charge in [-0.2, -0.15) is 0 Å². The van der Waals surface area contributed by atoms with Crippen LogP contribution in [-0.2, 0) is 6.42 Å². The van der Waals surface area contributed by atoms with Crippen LogP contribution in [0.3, 0.4) is 0 Å². The normalized spacial score (nSPS) is 19.4. The first kappa shape index (κ1) is 13.4. The molecular formula is C17H26N+. The molecule has 18 heavy (non-hydrogen) atoms. The van der Waals surface area contributed by atoms with Crippen LogP contribution in [0.4, 0.5) is 0 Å². The minimum Gasteiger partial charge on any atom is -0.298 e. The summed E-state index contributed by atoms with van der Waals surface area (Å²) >= 11 is 0. The minimum absolute atomic E-state index is 0.349. The monoisotopic (exact) mass is 244 g/mol. The van der Waals surface area contributed by atoms with Gasteiger partial charge in [0, 0.05) is 19.3 Å². The molecule has 0 amide bonds. The first-order chi connectivity index (χ1) is 8.60. The first-order valence-electron chi connectivity index (χ1n) is 7.11. The lowest BCUT2D eigenvalue weighted by molar-refractivity contribution is -0.896. The molecule has 1 aliphatic rings. The summed E-state index contributed by atoms with van der Waals surface area (Å²) in [6.45, 7) is 4.07. The fraction of sp³-hybridized carbons (Fsp3) is 0.529. The number of likely N-dealkylation sites (N-methyl/N-ethyl adjacent to an activating group) is 1. The van der Waals surface area contributed by atoms with Crippen molar-refractivity contribution in [2.24, 2.45) is 0 Å². The third-order valence-electron chi connectivity index (χ3n) is 4.84. The second-order valence-corrected chi connectivity index (χ2v) is 6.17. The molecule has 1 aromatic rings. The van der Waals surface area contributed by atoms with Crippen LogP contribution >= 0.6 is 0 Å². The van der Waals surface area contributed by atoms with Gasteiger partial charge in [0.2, 0.25) is 0 Å². The van der Waals surface area contributed by atoms with Crippen LogP contribution in [0.5, 0.6) is 0 Å². The second kappa shape index (κ2) is 5.27. The summed E-state index contributed by atoms with van der Waals surface area (Å²) in [7, 11) is 4.61. The Bertz CT molecular complexity index is 385. The van der Waals surface area contributed by atoms with E-state index in [1.165, 1.54) is 44.1 Å². The Balaban J connectivity index is 2.28. The van der Waals surface area contributed by atoms with E-state index in [1.807, 2.05) is 0 Å². The highest BCUT2D eigenvalue weighted by molar-refractivity contribution is 5.17. The van der Waals surface area contributed by atoms with E-state index in [0.29, 0.717) is 5.54 Å². The maximum atomic E-state index is 4.07. The van der Waals surface area contributed by atoms with Gasteiger partial charge in [0.25, 0.3) is 0 Å². The molecule has 0 aromatic heterocycles. The van der Waals surface area contributed by atoms with Crippen LogP contribution in [0.2, 0.25) is 0 Å². The summed E-state index contributed by atoms with van der Waals surface area (Å²) in [6.07, 6.45) is 10.1. The van der Waals surface area contributed by atoms with Crippen molar-refractivity contribution in [2.75, 3.05) is 14.1 Å². The van der Waals surface area contributed by atoms with Gasteiger partial charge >= 0.3 is 0 Å². The third-order valence-corrected chi connectivity index (χ3v) is 4.84. The van der Waals surface area contributed by atoms with Crippen molar-refractivity contribution in [2.45, 2.75) is 44.1 Å². The Morgan fingerprint density at radius 2 is 1.72 bits per heavy atom. The van der Waals surface area contributed by atoms with Gasteiger partial charge in [-0.3, -0.25) is 4.48 Å². The highest BCUT2D eigenvalue weighted by Gasteiger charge is 2.44. The number of quaternary nitrogens is 1. The van der Waals surface area contributed by atoms with Crippen LogP contribution in [0.1, 0.15) is 37.7 Å². The maximum absolute atomic E-state index is 4.07. The molecule has 98 valence electrons. The van der Waals surface area contributed by atoms with Crippen molar-refractivity contribution >= 4 is 0 Å². The van der Waals surface area contributed by atoms with Crippen LogP contribution in [-0.4, -0.2) is 24.1 Å². The first-order valence-corrected chi connectivity index (χ1v) is 7.11. The van der Waals surface area contributed by atoms with Gasteiger partial charge in [0.1, 0.15) is 5.54 Å². The number of rotatable bonds is 4. The third kappa shape index (κ3) is 2.51. The van der Waals surface area contributed by atoms with Crippen molar-refractivity contribution in [3.05, 3.63) is 48.7 Å². The molecule has 0 N–H and O–H groups in total. The quantitative estimate of drug-likeness (QED) is 0.698. The molecular weight excluding hydrogens is 218 g/mol. The van der Waals surface area contributed by atoms with E-state index >= 15 is 0 Å². The van der Waals surface area contributed by atoms with Gasteiger partial charge in [-0.1, -0.05) is 36.8 Å². The second-order valence-electron chi connectivity index (χ2n) is 6.17. The fourth-order valence-electron chi connectivity index (χ4n) is 3.34. The zero-order valence-electron chi connectivity index (χ0n) is 11.9. The molecule has 1 fully saturated rings. The minimum atomic E-state index is 0.349. The lowest BCUT2D eigenvalue weighted by Gasteiger charge is -2.49. The Morgan fingerprint density at radius 1 is 1.11 bits per heavy atom. The summed E-state index contributed by atoms with van der Waals surface area (Å²) in [5.74, 6) is 0. The average Bonchev–Trinajstić information content (AvgIpc) is 2.41. The molecule has 1 aliphatic carbocycles. The van der Waals surface area contributed by atoms with Crippen molar-refractivity contribution in [3.63, 3.8) is 0 Å². The zero-order chi connectivity index (χ0) is 13.1. The van der Waals surface area contributed by atoms with Crippen LogP contribution < -0.4 is 0 Å². The smallest absolute Gasteiger partial charge is 0.107 e. The van der Waals surface area contributed by atoms with E-state index in [-0.39, 0.29) is 0 Å². The van der Waals surface area contributed by atoms with Gasteiger partial charge in [0.05, 0.1) is 20.3 Å². The van der Waals surface area contributed by atoms with Crippen molar-refractivity contribution in [1.82, 2.24) is 0 Å². The molecule has 0 bridgehead atoms. The van der Waals surface area contributed by atoms with E-state index in [1.54, 1.807) is 0 Å². The van der Waals surface area contributed by atoms with Crippen molar-refractivity contribution in [3.8, 4) is 0 Å². The van der Waals surface area contributed by atoms with Crippen LogP contribution in [0.15, 0.2) is 43.1 Å². The molecule has 1 nitrogen and oxygen atoms in total. The average molecular weight is 244 g/mol. The molecule has 0 saturated heterocycles. The SMILES string of the molecule is C=C[N+](C)(C)C1(Cc2ccccc2)CCCCC1. The Labute approximate surface area is 112 Å². The molecule has 1 aromatic carbocycles. The predicted octanol–water partition coefficient (Wildman–Crippen LogP) is 4.15. The summed E-state index contributed by atoms with van der Waals surface area (Å²) in [5, 5.41) is 0. The number of hydrogen-bond acceptors (Lipinski definition) is 0. The van der Waals surface area contributed by atoms with Gasteiger partial charge < -0.3 is 0 Å². The van der Waals surface area contributed by atoms with Crippen LogP contribution in [0.25, 0.3) is 0 Å². The Hall–Kier alpha value is -1.08. The molecule has 0 atom stereocenters. The van der Waals surface area contributed by atoms with Gasteiger partial charge in [-0.05, 0) is 25.0 Å². The van der Waals surface area contributed by atoms with E-state index < -0.39 is 0 Å². The molecule has 0 aliphatic heterocycles. The molecule has 2 rings (SSSR count). The lowest BCUT2D eigenvalue weighted by atomic mass is 9.75.